The lowest BCUT2D eigenvalue weighted by Gasteiger charge is -2.20. The van der Waals surface area contributed by atoms with Crippen LogP contribution in [0.2, 0.25) is 0 Å². The van der Waals surface area contributed by atoms with Crippen molar-refractivity contribution in [1.82, 2.24) is 14.9 Å². The molecule has 7 heteroatoms. The predicted molar refractivity (Wildman–Crippen MR) is 74.5 cm³/mol. The van der Waals surface area contributed by atoms with E-state index >= 15 is 0 Å². The van der Waals surface area contributed by atoms with Gasteiger partial charge in [0.25, 0.3) is 5.91 Å². The van der Waals surface area contributed by atoms with E-state index in [1.54, 1.807) is 30.6 Å². The Bertz CT molecular complexity index is 656. The molecule has 3 N–H and O–H groups in total. The molecule has 0 aliphatic carbocycles. The van der Waals surface area contributed by atoms with Crippen molar-refractivity contribution in [3.8, 4) is 0 Å². The molecule has 1 heterocycles. The number of oxime groups is 1. The van der Waals surface area contributed by atoms with Crippen LogP contribution in [0.1, 0.15) is 17.3 Å². The van der Waals surface area contributed by atoms with Gasteiger partial charge in [-0.1, -0.05) is 5.16 Å². The van der Waals surface area contributed by atoms with Crippen molar-refractivity contribution in [2.24, 2.45) is 10.9 Å². The maximum Gasteiger partial charge on any atom is 0.254 e. The maximum absolute atomic E-state index is 12.4. The number of hydrogen-bond acceptors (Lipinski definition) is 5. The first-order chi connectivity index (χ1) is 9.65. The van der Waals surface area contributed by atoms with Crippen molar-refractivity contribution in [3.63, 3.8) is 0 Å². The molecule has 1 aromatic carbocycles. The zero-order chi connectivity index (χ0) is 14.5. The van der Waals surface area contributed by atoms with Gasteiger partial charge < -0.3 is 15.8 Å². The van der Waals surface area contributed by atoms with Crippen molar-refractivity contribution >= 4 is 22.8 Å². The first-order valence-corrected chi connectivity index (χ1v) is 6.12. The van der Waals surface area contributed by atoms with Gasteiger partial charge >= 0.3 is 0 Å². The van der Waals surface area contributed by atoms with Crippen LogP contribution in [0.3, 0.4) is 0 Å². The van der Waals surface area contributed by atoms with Crippen LogP contribution in [0.5, 0.6) is 0 Å². The highest BCUT2D eigenvalue weighted by Gasteiger charge is 2.16. The van der Waals surface area contributed by atoms with E-state index in [2.05, 4.69) is 15.1 Å². The minimum Gasteiger partial charge on any atom is -0.409 e. The Morgan fingerprint density at radius 2 is 2.05 bits per heavy atom. The number of aromatic nitrogens is 2. The molecule has 0 atom stereocenters. The summed E-state index contributed by atoms with van der Waals surface area (Å²) in [4.78, 5) is 22.1. The number of amidine groups is 1. The predicted octanol–water partition coefficient (Wildman–Crippen LogP) is 0.838. The van der Waals surface area contributed by atoms with Crippen LogP contribution in [0.25, 0.3) is 11.0 Å². The van der Waals surface area contributed by atoms with Crippen LogP contribution in [0.4, 0.5) is 0 Å². The van der Waals surface area contributed by atoms with Gasteiger partial charge in [-0.2, -0.15) is 0 Å². The van der Waals surface area contributed by atoms with E-state index in [9.17, 15) is 4.79 Å². The zero-order valence-electron chi connectivity index (χ0n) is 11.0. The Labute approximate surface area is 115 Å². The summed E-state index contributed by atoms with van der Waals surface area (Å²) in [7, 11) is 0. The molecule has 104 valence electrons. The van der Waals surface area contributed by atoms with E-state index < -0.39 is 0 Å². The Kier molecular flexibility index (Phi) is 4.09. The highest BCUT2D eigenvalue weighted by Crippen LogP contribution is 2.12. The molecule has 0 bridgehead atoms. The summed E-state index contributed by atoms with van der Waals surface area (Å²) < 4.78 is 0. The Morgan fingerprint density at radius 3 is 2.70 bits per heavy atom. The van der Waals surface area contributed by atoms with Gasteiger partial charge in [-0.15, -0.1) is 0 Å². The fourth-order valence-electron chi connectivity index (χ4n) is 1.83. The molecule has 20 heavy (non-hydrogen) atoms. The van der Waals surface area contributed by atoms with Gasteiger partial charge in [-0.05, 0) is 25.1 Å². The summed E-state index contributed by atoms with van der Waals surface area (Å²) in [6.07, 6.45) is 3.17. The molecule has 0 saturated heterocycles. The van der Waals surface area contributed by atoms with Crippen molar-refractivity contribution in [2.75, 3.05) is 13.1 Å². The van der Waals surface area contributed by atoms with Gasteiger partial charge in [0.05, 0.1) is 17.6 Å². The number of nitrogens with two attached hydrogens (primary N) is 1. The number of likely N-dealkylation sites (N-methyl/N-ethyl adjacent to an activating group) is 1. The molecule has 1 amide bonds. The second-order valence-corrected chi connectivity index (χ2v) is 4.17. The highest BCUT2D eigenvalue weighted by atomic mass is 16.4. The lowest BCUT2D eigenvalue weighted by molar-refractivity contribution is 0.0786. The number of fused-ring (bicyclic) bond motifs is 1. The van der Waals surface area contributed by atoms with Crippen LogP contribution in [0, 0.1) is 0 Å². The number of nitrogens with zero attached hydrogens (tertiary/aromatic N) is 4. The van der Waals surface area contributed by atoms with Crippen LogP contribution >= 0.6 is 0 Å². The second-order valence-electron chi connectivity index (χ2n) is 4.17. The summed E-state index contributed by atoms with van der Waals surface area (Å²) in [5, 5.41) is 11.5. The average Bonchev–Trinajstić information content (AvgIpc) is 2.51. The minimum atomic E-state index is -0.202. The van der Waals surface area contributed by atoms with Gasteiger partial charge in [0, 0.05) is 24.5 Å². The SMILES string of the molecule is CCN(CC(N)=NO)C(=O)c1ccc2nccnc2c1. The number of amides is 1. The molecular formula is C13H15N5O2. The Morgan fingerprint density at radius 1 is 1.35 bits per heavy atom. The highest BCUT2D eigenvalue weighted by molar-refractivity contribution is 5.99. The fourth-order valence-corrected chi connectivity index (χ4v) is 1.83. The lowest BCUT2D eigenvalue weighted by atomic mass is 10.1. The van der Waals surface area contributed by atoms with Gasteiger partial charge in [-0.3, -0.25) is 14.8 Å². The summed E-state index contributed by atoms with van der Waals surface area (Å²) in [6.45, 7) is 2.35. The third-order valence-corrected chi connectivity index (χ3v) is 2.87. The van der Waals surface area contributed by atoms with Crippen LogP contribution in [0.15, 0.2) is 35.7 Å². The molecule has 0 aliphatic rings. The largest absolute Gasteiger partial charge is 0.409 e. The zero-order valence-corrected chi connectivity index (χ0v) is 11.0. The van der Waals surface area contributed by atoms with Crippen molar-refractivity contribution in [1.29, 1.82) is 0 Å². The van der Waals surface area contributed by atoms with Crippen LogP contribution in [-0.4, -0.2) is 44.9 Å². The lowest BCUT2D eigenvalue weighted by Crippen LogP contribution is -2.38. The number of rotatable bonds is 4. The molecular weight excluding hydrogens is 258 g/mol. The summed E-state index contributed by atoms with van der Waals surface area (Å²) in [6, 6.07) is 5.11. The van der Waals surface area contributed by atoms with Crippen LogP contribution < -0.4 is 5.73 Å². The van der Waals surface area contributed by atoms with Gasteiger partial charge in [0.1, 0.15) is 0 Å². The molecule has 2 aromatic rings. The molecule has 0 radical (unpaired) electrons. The van der Waals surface area contributed by atoms with Crippen LogP contribution in [-0.2, 0) is 0 Å². The second kappa shape index (κ2) is 5.96. The molecule has 0 aliphatic heterocycles. The van der Waals surface area contributed by atoms with Crippen molar-refractivity contribution in [3.05, 3.63) is 36.2 Å². The van der Waals surface area contributed by atoms with Gasteiger partial charge in [0.2, 0.25) is 0 Å². The number of hydrogen-bond donors (Lipinski definition) is 2. The fraction of sp³-hybridized carbons (Fsp3) is 0.231. The summed E-state index contributed by atoms with van der Waals surface area (Å²) in [5.74, 6) is -0.215. The molecule has 0 fully saturated rings. The molecule has 7 nitrogen and oxygen atoms in total. The van der Waals surface area contributed by atoms with Crippen molar-refractivity contribution < 1.29 is 10.0 Å². The third kappa shape index (κ3) is 2.82. The van der Waals surface area contributed by atoms with Gasteiger partial charge in [-0.25, -0.2) is 0 Å². The molecule has 0 spiro atoms. The molecule has 0 unspecified atom stereocenters. The standard InChI is InChI=1S/C13H15N5O2/c1-2-18(8-12(14)17-20)13(19)9-3-4-10-11(7-9)16-6-5-15-10/h3-7,20H,2,8H2,1H3,(H2,14,17). The summed E-state index contributed by atoms with van der Waals surface area (Å²) in [5.41, 5.74) is 7.31. The quantitative estimate of drug-likeness (QED) is 0.371. The van der Waals surface area contributed by atoms with E-state index in [0.29, 0.717) is 17.6 Å². The van der Waals surface area contributed by atoms with Crippen molar-refractivity contribution in [2.45, 2.75) is 6.92 Å². The average molecular weight is 273 g/mol. The maximum atomic E-state index is 12.4. The third-order valence-electron chi connectivity index (χ3n) is 2.87. The molecule has 0 saturated carbocycles. The molecule has 1 aromatic heterocycles. The molecule has 2 rings (SSSR count). The van der Waals surface area contributed by atoms with E-state index in [1.165, 1.54) is 4.90 Å². The van der Waals surface area contributed by atoms with E-state index in [0.717, 1.165) is 5.52 Å². The first-order valence-electron chi connectivity index (χ1n) is 6.12. The smallest absolute Gasteiger partial charge is 0.254 e. The Balaban J connectivity index is 2.29. The summed E-state index contributed by atoms with van der Waals surface area (Å²) >= 11 is 0. The first kappa shape index (κ1) is 13.7. The normalized spacial score (nSPS) is 11.6. The van der Waals surface area contributed by atoms with E-state index in [1.807, 2.05) is 6.92 Å². The topological polar surface area (TPSA) is 105 Å². The van der Waals surface area contributed by atoms with E-state index in [4.69, 9.17) is 10.9 Å². The van der Waals surface area contributed by atoms with Gasteiger partial charge in [0.15, 0.2) is 5.84 Å². The van der Waals surface area contributed by atoms with E-state index in [-0.39, 0.29) is 18.3 Å². The monoisotopic (exact) mass is 273 g/mol. The Hall–Kier alpha value is -2.70. The minimum absolute atomic E-state index is 0.0132. The number of carbonyl (C=O) groups excluding carboxylic acids is 1. The number of benzene rings is 1. The number of carbonyl (C=O) groups is 1.